The summed E-state index contributed by atoms with van der Waals surface area (Å²) in [5.74, 6) is 1.03. The highest BCUT2D eigenvalue weighted by molar-refractivity contribution is 7.13. The lowest BCUT2D eigenvalue weighted by Crippen LogP contribution is -2.43. The summed E-state index contributed by atoms with van der Waals surface area (Å²) in [6.45, 7) is 2.24. The Kier molecular flexibility index (Phi) is 6.57. The number of thiazole rings is 1. The fourth-order valence-corrected chi connectivity index (χ4v) is 5.33. The number of H-pyrrole nitrogens is 1. The Bertz CT molecular complexity index is 1360. The van der Waals surface area contributed by atoms with E-state index in [4.69, 9.17) is 9.97 Å². The number of allylic oxidation sites excluding steroid dienone is 2. The van der Waals surface area contributed by atoms with Crippen molar-refractivity contribution in [3.63, 3.8) is 0 Å². The molecule has 3 N–H and O–H groups in total. The van der Waals surface area contributed by atoms with Crippen LogP contribution in [0, 0.1) is 0 Å². The molecule has 0 spiro atoms. The van der Waals surface area contributed by atoms with Crippen LogP contribution in [0.15, 0.2) is 47.3 Å². The molecule has 3 heterocycles. The van der Waals surface area contributed by atoms with Crippen LogP contribution < -0.4 is 30.6 Å². The number of anilines is 2. The Labute approximate surface area is 201 Å². The van der Waals surface area contributed by atoms with Gasteiger partial charge in [0.25, 0.3) is 5.56 Å². The first-order valence-electron chi connectivity index (χ1n) is 11.5. The predicted molar refractivity (Wildman–Crippen MR) is 137 cm³/mol. The van der Waals surface area contributed by atoms with E-state index in [-0.39, 0.29) is 18.2 Å². The van der Waals surface area contributed by atoms with E-state index in [1.165, 1.54) is 11.3 Å². The quantitative estimate of drug-likeness (QED) is 0.494. The normalized spacial score (nSPS) is 16.2. The van der Waals surface area contributed by atoms with Crippen LogP contribution in [0.25, 0.3) is 22.7 Å². The molecular weight excluding hydrogens is 448 g/mol. The number of hydrogen-bond donors (Lipinski definition) is 3. The van der Waals surface area contributed by atoms with E-state index in [2.05, 4.69) is 27.4 Å². The second-order valence-corrected chi connectivity index (χ2v) is 9.42. The molecule has 0 saturated carbocycles. The first-order chi connectivity index (χ1) is 16.7. The molecule has 0 amide bonds. The molecule has 1 atom stereocenters. The van der Waals surface area contributed by atoms with Crippen molar-refractivity contribution in [2.75, 3.05) is 43.2 Å². The number of nitrogens with one attached hydrogen (secondary N) is 2. The molecule has 5 rings (SSSR count). The van der Waals surface area contributed by atoms with E-state index >= 15 is 0 Å². The monoisotopic (exact) mass is 476 g/mol. The molecular formula is C25H28N6O2S. The summed E-state index contributed by atoms with van der Waals surface area (Å²) in [6.07, 6.45) is 10.0. The van der Waals surface area contributed by atoms with Crippen molar-refractivity contribution in [1.82, 2.24) is 20.3 Å². The fourth-order valence-electron chi connectivity index (χ4n) is 4.31. The molecule has 1 fully saturated rings. The number of fused-ring (bicyclic) bond motifs is 1. The van der Waals surface area contributed by atoms with Crippen LogP contribution in [0.3, 0.4) is 0 Å². The molecule has 2 aliphatic rings. The maximum absolute atomic E-state index is 13.5. The predicted octanol–water partition coefficient (Wildman–Crippen LogP) is 1.34. The molecule has 3 aromatic rings. The van der Waals surface area contributed by atoms with E-state index in [0.717, 1.165) is 41.4 Å². The van der Waals surface area contributed by atoms with Crippen LogP contribution in [-0.2, 0) is 0 Å². The van der Waals surface area contributed by atoms with Gasteiger partial charge < -0.3 is 14.9 Å². The highest BCUT2D eigenvalue weighted by Gasteiger charge is 2.26. The standard InChI is InChI=1S/C25H28N6O2S/c1-30(19(15-32)17-9-4-2-5-10-17)25-28-22(31-14-8-13-26-16-31)21(23(33)29-25)24-27-18-11-6-3-7-12-20(18)34-24/h2-5,7,9-12,19,26,32H,6,8,13-16H2,1H3,(H,28,29,33). The second-order valence-electron chi connectivity index (χ2n) is 8.39. The zero-order chi connectivity index (χ0) is 23.5. The third-order valence-electron chi connectivity index (χ3n) is 6.16. The minimum absolute atomic E-state index is 0.106. The molecule has 1 unspecified atom stereocenters. The highest BCUT2D eigenvalue weighted by atomic mass is 32.1. The Morgan fingerprint density at radius 1 is 1.26 bits per heavy atom. The maximum atomic E-state index is 13.5. The summed E-state index contributed by atoms with van der Waals surface area (Å²) in [7, 11) is 1.84. The van der Waals surface area contributed by atoms with Gasteiger partial charge in [-0.05, 0) is 31.0 Å². The van der Waals surface area contributed by atoms with E-state index in [0.29, 0.717) is 29.0 Å². The van der Waals surface area contributed by atoms with E-state index in [1.807, 2.05) is 54.4 Å². The largest absolute Gasteiger partial charge is 0.394 e. The SMILES string of the molecule is CN(c1nc(N2CCCNC2)c(-c2nc3c(s2)=CC=CCC=3)c(=O)[nH]1)C(CO)c1ccccc1. The lowest BCUT2D eigenvalue weighted by Gasteiger charge is -2.32. The van der Waals surface area contributed by atoms with Crippen LogP contribution in [0.2, 0.25) is 0 Å². The van der Waals surface area contributed by atoms with Crippen LogP contribution in [0.1, 0.15) is 24.4 Å². The van der Waals surface area contributed by atoms with Crippen LogP contribution in [-0.4, -0.2) is 53.5 Å². The number of aliphatic hydroxyl groups excluding tert-OH is 1. The smallest absolute Gasteiger partial charge is 0.264 e. The number of benzene rings is 1. The maximum Gasteiger partial charge on any atom is 0.264 e. The molecule has 1 aliphatic carbocycles. The van der Waals surface area contributed by atoms with Gasteiger partial charge in [-0.15, -0.1) is 11.3 Å². The molecule has 1 saturated heterocycles. The van der Waals surface area contributed by atoms with E-state index in [9.17, 15) is 9.90 Å². The molecule has 176 valence electrons. The summed E-state index contributed by atoms with van der Waals surface area (Å²) in [6, 6.07) is 9.40. The van der Waals surface area contributed by atoms with Crippen molar-refractivity contribution in [3.8, 4) is 10.6 Å². The van der Waals surface area contributed by atoms with Crippen LogP contribution in [0.5, 0.6) is 0 Å². The van der Waals surface area contributed by atoms with Crippen molar-refractivity contribution in [3.05, 3.63) is 68.3 Å². The summed E-state index contributed by atoms with van der Waals surface area (Å²) < 4.78 is 1.04. The van der Waals surface area contributed by atoms with Gasteiger partial charge in [0.1, 0.15) is 16.4 Å². The van der Waals surface area contributed by atoms with Gasteiger partial charge >= 0.3 is 0 Å². The molecule has 34 heavy (non-hydrogen) atoms. The van der Waals surface area contributed by atoms with Gasteiger partial charge in [-0.3, -0.25) is 15.1 Å². The van der Waals surface area contributed by atoms with Gasteiger partial charge in [-0.2, -0.15) is 4.98 Å². The molecule has 9 heteroatoms. The van der Waals surface area contributed by atoms with Gasteiger partial charge in [0, 0.05) is 13.6 Å². The van der Waals surface area contributed by atoms with Crippen molar-refractivity contribution in [2.24, 2.45) is 0 Å². The Morgan fingerprint density at radius 2 is 2.12 bits per heavy atom. The number of hydrogen-bond acceptors (Lipinski definition) is 8. The third-order valence-corrected chi connectivity index (χ3v) is 7.21. The first kappa shape index (κ1) is 22.5. The number of aliphatic hydroxyl groups is 1. The summed E-state index contributed by atoms with van der Waals surface area (Å²) >= 11 is 1.51. The average molecular weight is 477 g/mol. The third kappa shape index (κ3) is 4.42. The number of aromatic amines is 1. The van der Waals surface area contributed by atoms with Gasteiger partial charge in [0.05, 0.1) is 29.2 Å². The molecule has 0 bridgehead atoms. The topological polar surface area (TPSA) is 97.4 Å². The molecule has 1 aliphatic heterocycles. The number of aromatic nitrogens is 3. The molecule has 8 nitrogen and oxygen atoms in total. The highest BCUT2D eigenvalue weighted by Crippen LogP contribution is 2.29. The molecule has 1 aromatic carbocycles. The number of rotatable bonds is 6. The van der Waals surface area contributed by atoms with E-state index < -0.39 is 0 Å². The van der Waals surface area contributed by atoms with Crippen molar-refractivity contribution in [1.29, 1.82) is 0 Å². The van der Waals surface area contributed by atoms with Crippen LogP contribution >= 0.6 is 11.3 Å². The van der Waals surface area contributed by atoms with Crippen molar-refractivity contribution >= 4 is 35.3 Å². The zero-order valence-corrected chi connectivity index (χ0v) is 19.9. The zero-order valence-electron chi connectivity index (χ0n) is 19.1. The lowest BCUT2D eigenvalue weighted by atomic mass is 10.1. The van der Waals surface area contributed by atoms with E-state index in [1.54, 1.807) is 0 Å². The van der Waals surface area contributed by atoms with Gasteiger partial charge in [0.2, 0.25) is 5.95 Å². The summed E-state index contributed by atoms with van der Waals surface area (Å²) in [5, 5.41) is 15.1. The summed E-state index contributed by atoms with van der Waals surface area (Å²) in [5.41, 5.74) is 1.20. The fraction of sp³-hybridized carbons (Fsp3) is 0.320. The second kappa shape index (κ2) is 9.92. The first-order valence-corrected chi connectivity index (χ1v) is 12.3. The summed E-state index contributed by atoms with van der Waals surface area (Å²) in [4.78, 5) is 30.2. The van der Waals surface area contributed by atoms with Crippen molar-refractivity contribution < 1.29 is 5.11 Å². The Hall–Kier alpha value is -3.27. The Balaban J connectivity index is 1.63. The average Bonchev–Trinajstić information content (AvgIpc) is 3.14. The van der Waals surface area contributed by atoms with Gasteiger partial charge in [0.15, 0.2) is 0 Å². The molecule has 0 radical (unpaired) electrons. The Morgan fingerprint density at radius 3 is 2.88 bits per heavy atom. The van der Waals surface area contributed by atoms with Gasteiger partial charge in [-0.25, -0.2) is 4.98 Å². The minimum atomic E-state index is -0.338. The molecule has 2 aromatic heterocycles. The van der Waals surface area contributed by atoms with Gasteiger partial charge in [-0.1, -0.05) is 48.6 Å². The minimum Gasteiger partial charge on any atom is -0.394 e. The number of likely N-dealkylation sites (N-methyl/N-ethyl adjacent to an activating group) is 1. The van der Waals surface area contributed by atoms with Crippen LogP contribution in [0.4, 0.5) is 11.8 Å². The number of nitrogens with zero attached hydrogens (tertiary/aromatic N) is 4. The van der Waals surface area contributed by atoms with Crippen molar-refractivity contribution in [2.45, 2.75) is 18.9 Å². The lowest BCUT2D eigenvalue weighted by molar-refractivity contribution is 0.263.